The fourth-order valence-corrected chi connectivity index (χ4v) is 2.13. The lowest BCUT2D eigenvalue weighted by Crippen LogP contribution is -1.83. The van der Waals surface area contributed by atoms with Crippen molar-refractivity contribution >= 4 is 33.9 Å². The Morgan fingerprint density at radius 1 is 1.50 bits per heavy atom. The van der Waals surface area contributed by atoms with E-state index in [1.165, 1.54) is 0 Å². The summed E-state index contributed by atoms with van der Waals surface area (Å²) in [5.41, 5.74) is 1.03. The lowest BCUT2D eigenvalue weighted by Gasteiger charge is -1.83. The van der Waals surface area contributed by atoms with Gasteiger partial charge in [-0.15, -0.1) is 10.2 Å². The Morgan fingerprint density at radius 2 is 2.33 bits per heavy atom. The van der Waals surface area contributed by atoms with Crippen LogP contribution < -0.4 is 0 Å². The quantitative estimate of drug-likeness (QED) is 0.749. The zero-order chi connectivity index (χ0) is 8.55. The van der Waals surface area contributed by atoms with Gasteiger partial charge in [-0.1, -0.05) is 11.3 Å². The Bertz CT molecular complexity index is 355. The van der Waals surface area contributed by atoms with Crippen LogP contribution in [0.25, 0.3) is 10.6 Å². The van der Waals surface area contributed by atoms with Gasteiger partial charge >= 0.3 is 0 Å². The van der Waals surface area contributed by atoms with E-state index in [1.54, 1.807) is 22.2 Å². The Morgan fingerprint density at radius 3 is 2.83 bits per heavy atom. The van der Waals surface area contributed by atoms with E-state index in [2.05, 4.69) is 37.9 Å². The average molecular weight is 292 g/mol. The average Bonchev–Trinajstić information content (AvgIpc) is 2.58. The molecule has 2 aromatic rings. The molecule has 0 saturated heterocycles. The molecule has 4 nitrogen and oxygen atoms in total. The van der Waals surface area contributed by atoms with Crippen molar-refractivity contribution in [1.29, 1.82) is 0 Å². The van der Waals surface area contributed by atoms with Crippen LogP contribution >= 0.6 is 33.9 Å². The van der Waals surface area contributed by atoms with E-state index in [-0.39, 0.29) is 0 Å². The van der Waals surface area contributed by atoms with Crippen LogP contribution in [0.15, 0.2) is 12.4 Å². The van der Waals surface area contributed by atoms with Crippen LogP contribution in [0.2, 0.25) is 0 Å². The highest BCUT2D eigenvalue weighted by Crippen LogP contribution is 2.22. The molecule has 0 saturated carbocycles. The highest BCUT2D eigenvalue weighted by Gasteiger charge is 2.05. The van der Waals surface area contributed by atoms with Gasteiger partial charge in [-0.05, 0) is 22.6 Å². The number of rotatable bonds is 1. The molecule has 0 aliphatic rings. The van der Waals surface area contributed by atoms with E-state index < -0.39 is 0 Å². The number of aryl methyl sites for hydroxylation is 1. The second-order valence-corrected chi connectivity index (χ2v) is 4.99. The lowest BCUT2D eigenvalue weighted by atomic mass is 10.4. The van der Waals surface area contributed by atoms with Crippen LogP contribution in [0, 0.1) is 3.01 Å². The summed E-state index contributed by atoms with van der Waals surface area (Å²) in [5.74, 6) is 0. The Hall–Kier alpha value is -0.500. The van der Waals surface area contributed by atoms with E-state index in [9.17, 15) is 0 Å². The van der Waals surface area contributed by atoms with Gasteiger partial charge in [0.25, 0.3) is 0 Å². The highest BCUT2D eigenvalue weighted by molar-refractivity contribution is 14.1. The standard InChI is InChI=1S/C6H5IN4S/c1-11-3-4(2-8-11)5-9-10-6(7)12-5/h2-3H,1H3. The summed E-state index contributed by atoms with van der Waals surface area (Å²) < 4.78 is 2.70. The molecule has 0 atom stereocenters. The summed E-state index contributed by atoms with van der Waals surface area (Å²) >= 11 is 3.72. The fraction of sp³-hybridized carbons (Fsp3) is 0.167. The molecular weight excluding hydrogens is 287 g/mol. The number of aromatic nitrogens is 4. The maximum Gasteiger partial charge on any atom is 0.178 e. The Kier molecular flexibility index (Phi) is 2.09. The van der Waals surface area contributed by atoms with Crippen molar-refractivity contribution in [3.05, 3.63) is 15.4 Å². The van der Waals surface area contributed by atoms with Gasteiger partial charge in [0.05, 0.1) is 11.8 Å². The molecule has 2 rings (SSSR count). The summed E-state index contributed by atoms with van der Waals surface area (Å²) in [6, 6.07) is 0. The maximum absolute atomic E-state index is 4.06. The first-order valence-corrected chi connectivity index (χ1v) is 5.13. The third kappa shape index (κ3) is 1.48. The Labute approximate surface area is 86.8 Å². The molecule has 12 heavy (non-hydrogen) atoms. The minimum atomic E-state index is 0.924. The van der Waals surface area contributed by atoms with E-state index >= 15 is 0 Å². The summed E-state index contributed by atoms with van der Waals surface area (Å²) in [4.78, 5) is 0. The molecule has 0 N–H and O–H groups in total. The van der Waals surface area contributed by atoms with Crippen molar-refractivity contribution in [2.75, 3.05) is 0 Å². The minimum absolute atomic E-state index is 0.924. The van der Waals surface area contributed by atoms with E-state index in [4.69, 9.17) is 0 Å². The third-order valence-electron chi connectivity index (χ3n) is 1.35. The molecule has 0 bridgehead atoms. The molecule has 0 fully saturated rings. The molecule has 2 aromatic heterocycles. The van der Waals surface area contributed by atoms with E-state index in [0.29, 0.717) is 0 Å². The lowest BCUT2D eigenvalue weighted by molar-refractivity contribution is 0.768. The van der Waals surface area contributed by atoms with Gasteiger partial charge in [0.15, 0.2) is 8.02 Å². The molecular formula is C6H5IN4S. The normalized spacial score (nSPS) is 10.5. The number of nitrogens with zero attached hydrogens (tertiary/aromatic N) is 4. The summed E-state index contributed by atoms with van der Waals surface area (Å²) in [6.45, 7) is 0. The second kappa shape index (κ2) is 3.09. The smallest absolute Gasteiger partial charge is 0.178 e. The topological polar surface area (TPSA) is 43.6 Å². The van der Waals surface area contributed by atoms with Crippen molar-refractivity contribution in [3.63, 3.8) is 0 Å². The fourth-order valence-electron chi connectivity index (χ4n) is 0.854. The maximum atomic E-state index is 4.06. The van der Waals surface area contributed by atoms with E-state index in [1.807, 2.05) is 13.2 Å². The van der Waals surface area contributed by atoms with Gasteiger partial charge in [-0.25, -0.2) is 0 Å². The molecule has 0 aliphatic carbocycles. The second-order valence-electron chi connectivity index (χ2n) is 2.26. The Balaban J connectivity index is 2.43. The van der Waals surface area contributed by atoms with E-state index in [0.717, 1.165) is 13.6 Å². The van der Waals surface area contributed by atoms with Gasteiger partial charge in [-0.2, -0.15) is 5.10 Å². The van der Waals surface area contributed by atoms with Gasteiger partial charge in [0.1, 0.15) is 0 Å². The first-order valence-electron chi connectivity index (χ1n) is 3.24. The van der Waals surface area contributed by atoms with Crippen LogP contribution in [0.4, 0.5) is 0 Å². The van der Waals surface area contributed by atoms with Crippen LogP contribution in [-0.4, -0.2) is 20.0 Å². The zero-order valence-corrected chi connectivity index (χ0v) is 9.20. The highest BCUT2D eigenvalue weighted by atomic mass is 127. The SMILES string of the molecule is Cn1cc(-c2nnc(I)s2)cn1. The first kappa shape index (κ1) is 8.11. The van der Waals surface area contributed by atoms with Crippen LogP contribution in [0.5, 0.6) is 0 Å². The van der Waals surface area contributed by atoms with Crippen molar-refractivity contribution in [2.45, 2.75) is 0 Å². The molecule has 6 heteroatoms. The predicted molar refractivity (Wildman–Crippen MR) is 54.8 cm³/mol. The van der Waals surface area contributed by atoms with Crippen molar-refractivity contribution < 1.29 is 0 Å². The predicted octanol–water partition coefficient (Wildman–Crippen LogP) is 1.54. The van der Waals surface area contributed by atoms with Crippen molar-refractivity contribution in [3.8, 4) is 10.6 Å². The van der Waals surface area contributed by atoms with Crippen LogP contribution in [0.1, 0.15) is 0 Å². The third-order valence-corrected chi connectivity index (χ3v) is 2.99. The molecule has 2 heterocycles. The van der Waals surface area contributed by atoms with Gasteiger partial charge in [0.2, 0.25) is 0 Å². The number of halogens is 1. The van der Waals surface area contributed by atoms with Crippen LogP contribution in [-0.2, 0) is 7.05 Å². The summed E-state index contributed by atoms with van der Waals surface area (Å²) in [6.07, 6.45) is 3.72. The summed E-state index contributed by atoms with van der Waals surface area (Å²) in [5, 5.41) is 12.9. The molecule has 0 unspecified atom stereocenters. The van der Waals surface area contributed by atoms with Crippen LogP contribution in [0.3, 0.4) is 0 Å². The molecule has 62 valence electrons. The molecule has 0 spiro atoms. The van der Waals surface area contributed by atoms with Gasteiger partial charge < -0.3 is 0 Å². The molecule has 0 aliphatic heterocycles. The molecule has 0 aromatic carbocycles. The van der Waals surface area contributed by atoms with Gasteiger partial charge in [0, 0.05) is 13.2 Å². The largest absolute Gasteiger partial charge is 0.275 e. The molecule has 0 radical (unpaired) electrons. The monoisotopic (exact) mass is 292 g/mol. The minimum Gasteiger partial charge on any atom is -0.275 e. The zero-order valence-electron chi connectivity index (χ0n) is 6.23. The first-order chi connectivity index (χ1) is 5.75. The molecule has 0 amide bonds. The van der Waals surface area contributed by atoms with Gasteiger partial charge in [-0.3, -0.25) is 4.68 Å². The number of hydrogen-bond acceptors (Lipinski definition) is 4. The number of hydrogen-bond donors (Lipinski definition) is 0. The van der Waals surface area contributed by atoms with Crippen molar-refractivity contribution in [2.24, 2.45) is 7.05 Å². The summed E-state index contributed by atoms with van der Waals surface area (Å²) in [7, 11) is 1.88. The van der Waals surface area contributed by atoms with Crippen molar-refractivity contribution in [1.82, 2.24) is 20.0 Å².